The number of hydrogen-bond donors (Lipinski definition) is 1. The fourth-order valence-electron chi connectivity index (χ4n) is 3.36. The van der Waals surface area contributed by atoms with Crippen molar-refractivity contribution in [3.8, 4) is 5.75 Å². The van der Waals surface area contributed by atoms with Gasteiger partial charge in [-0.3, -0.25) is 9.79 Å². The second-order valence-corrected chi connectivity index (χ2v) is 6.92. The van der Waals surface area contributed by atoms with Crippen LogP contribution in [0.15, 0.2) is 53.5 Å². The molecule has 0 saturated carbocycles. The molecule has 2 aromatic rings. The van der Waals surface area contributed by atoms with Crippen LogP contribution in [0.4, 0.5) is 5.69 Å². The van der Waals surface area contributed by atoms with Gasteiger partial charge < -0.3 is 19.9 Å². The van der Waals surface area contributed by atoms with Gasteiger partial charge in [-0.1, -0.05) is 24.3 Å². The molecule has 0 aromatic heterocycles. The maximum atomic E-state index is 11.9. The van der Waals surface area contributed by atoms with Gasteiger partial charge in [0.05, 0.1) is 7.11 Å². The van der Waals surface area contributed by atoms with Crippen LogP contribution in [0.2, 0.25) is 0 Å². The third-order valence-electron chi connectivity index (χ3n) is 4.92. The summed E-state index contributed by atoms with van der Waals surface area (Å²) in [5.41, 5.74) is 3.31. The molecule has 0 spiro atoms. The SMILES string of the molecule is CN=C(NCc1ccc(N2CCCC2=O)cc1)N(C)Cc1ccc(OC)cc1. The lowest BCUT2D eigenvalue weighted by Gasteiger charge is -2.22. The van der Waals surface area contributed by atoms with Crippen LogP contribution in [-0.2, 0) is 17.9 Å². The number of nitrogens with zero attached hydrogens (tertiary/aromatic N) is 3. The number of aliphatic imine (C=N–C) groups is 1. The normalized spacial score (nSPS) is 14.3. The van der Waals surface area contributed by atoms with Crippen LogP contribution >= 0.6 is 0 Å². The van der Waals surface area contributed by atoms with E-state index in [0.29, 0.717) is 13.0 Å². The standard InChI is InChI=1S/C22H28N4O2/c1-23-22(25(2)16-18-8-12-20(28-3)13-9-18)24-15-17-6-10-19(11-7-17)26-14-4-5-21(26)27/h6-13H,4-5,14-16H2,1-3H3,(H,23,24). The van der Waals surface area contributed by atoms with Crippen LogP contribution in [0.5, 0.6) is 5.75 Å². The first kappa shape index (κ1) is 19.7. The maximum absolute atomic E-state index is 11.9. The topological polar surface area (TPSA) is 57.2 Å². The highest BCUT2D eigenvalue weighted by Crippen LogP contribution is 2.21. The van der Waals surface area contributed by atoms with Crippen molar-refractivity contribution in [3.05, 3.63) is 59.7 Å². The summed E-state index contributed by atoms with van der Waals surface area (Å²) in [6.45, 7) is 2.24. The van der Waals surface area contributed by atoms with Gasteiger partial charge in [0.1, 0.15) is 5.75 Å². The number of methoxy groups -OCH3 is 1. The molecule has 0 bridgehead atoms. The van der Waals surface area contributed by atoms with Crippen molar-refractivity contribution in [2.45, 2.75) is 25.9 Å². The first-order valence-corrected chi connectivity index (χ1v) is 9.54. The van der Waals surface area contributed by atoms with E-state index < -0.39 is 0 Å². The van der Waals surface area contributed by atoms with Crippen molar-refractivity contribution in [2.75, 3.05) is 32.6 Å². The van der Waals surface area contributed by atoms with Crippen LogP contribution in [0.3, 0.4) is 0 Å². The highest BCUT2D eigenvalue weighted by atomic mass is 16.5. The van der Waals surface area contributed by atoms with Gasteiger partial charge in [-0.15, -0.1) is 0 Å². The van der Waals surface area contributed by atoms with E-state index in [9.17, 15) is 4.79 Å². The second-order valence-electron chi connectivity index (χ2n) is 6.92. The van der Waals surface area contributed by atoms with E-state index in [4.69, 9.17) is 4.74 Å². The lowest BCUT2D eigenvalue weighted by molar-refractivity contribution is -0.117. The van der Waals surface area contributed by atoms with E-state index in [0.717, 1.165) is 42.5 Å². The predicted octanol–water partition coefficient (Wildman–Crippen LogP) is 3.03. The van der Waals surface area contributed by atoms with E-state index in [1.807, 2.05) is 36.2 Å². The van der Waals surface area contributed by atoms with Crippen LogP contribution in [0, 0.1) is 0 Å². The van der Waals surface area contributed by atoms with Crippen molar-refractivity contribution in [1.82, 2.24) is 10.2 Å². The molecule has 148 valence electrons. The van der Waals surface area contributed by atoms with Gasteiger partial charge in [-0.25, -0.2) is 0 Å². The number of ether oxygens (including phenoxy) is 1. The zero-order valence-electron chi connectivity index (χ0n) is 16.8. The van der Waals surface area contributed by atoms with E-state index in [1.54, 1.807) is 14.2 Å². The Labute approximate surface area is 166 Å². The van der Waals surface area contributed by atoms with Gasteiger partial charge in [0.15, 0.2) is 5.96 Å². The molecule has 1 aliphatic heterocycles. The molecular formula is C22H28N4O2. The molecule has 1 saturated heterocycles. The van der Waals surface area contributed by atoms with E-state index in [1.165, 1.54) is 5.56 Å². The van der Waals surface area contributed by atoms with Crippen LogP contribution in [-0.4, -0.2) is 44.5 Å². The van der Waals surface area contributed by atoms with Crippen LogP contribution in [0.1, 0.15) is 24.0 Å². The minimum absolute atomic E-state index is 0.214. The predicted molar refractivity (Wildman–Crippen MR) is 113 cm³/mol. The summed E-state index contributed by atoms with van der Waals surface area (Å²) in [6, 6.07) is 16.2. The van der Waals surface area contributed by atoms with E-state index in [2.05, 4.69) is 39.5 Å². The Balaban J connectivity index is 1.54. The van der Waals surface area contributed by atoms with E-state index in [-0.39, 0.29) is 5.91 Å². The summed E-state index contributed by atoms with van der Waals surface area (Å²) in [4.78, 5) is 20.2. The summed E-state index contributed by atoms with van der Waals surface area (Å²) in [5, 5.41) is 3.40. The highest BCUT2D eigenvalue weighted by molar-refractivity contribution is 5.95. The molecule has 1 amide bonds. The van der Waals surface area contributed by atoms with Gasteiger partial charge in [-0.05, 0) is 41.8 Å². The molecule has 0 unspecified atom stereocenters. The second kappa shape index (κ2) is 9.26. The van der Waals surface area contributed by atoms with Crippen molar-refractivity contribution in [1.29, 1.82) is 0 Å². The summed E-state index contributed by atoms with van der Waals surface area (Å²) in [6.07, 6.45) is 1.60. The Morgan fingerprint density at radius 3 is 2.39 bits per heavy atom. The van der Waals surface area contributed by atoms with Gasteiger partial charge >= 0.3 is 0 Å². The molecule has 6 nitrogen and oxygen atoms in total. The molecule has 28 heavy (non-hydrogen) atoms. The average molecular weight is 380 g/mol. The molecule has 1 fully saturated rings. The number of nitrogens with one attached hydrogen (secondary N) is 1. The number of guanidine groups is 1. The first-order valence-electron chi connectivity index (χ1n) is 9.54. The Morgan fingerprint density at radius 2 is 1.82 bits per heavy atom. The molecule has 1 heterocycles. The lowest BCUT2D eigenvalue weighted by atomic mass is 10.2. The summed E-state index contributed by atoms with van der Waals surface area (Å²) in [7, 11) is 5.47. The summed E-state index contributed by atoms with van der Waals surface area (Å²) < 4.78 is 5.21. The molecule has 1 N–H and O–H groups in total. The van der Waals surface area contributed by atoms with Gasteiger partial charge in [-0.2, -0.15) is 0 Å². The molecule has 0 aliphatic carbocycles. The monoisotopic (exact) mass is 380 g/mol. The zero-order valence-corrected chi connectivity index (χ0v) is 16.8. The molecule has 3 rings (SSSR count). The lowest BCUT2D eigenvalue weighted by Crippen LogP contribution is -2.38. The fraction of sp³-hybridized carbons (Fsp3) is 0.364. The first-order chi connectivity index (χ1) is 13.6. The van der Waals surface area contributed by atoms with Crippen molar-refractivity contribution in [3.63, 3.8) is 0 Å². The Bertz CT molecular complexity index is 815. The third-order valence-corrected chi connectivity index (χ3v) is 4.92. The number of carbonyl (C=O) groups is 1. The Hall–Kier alpha value is -3.02. The van der Waals surface area contributed by atoms with Crippen molar-refractivity contribution >= 4 is 17.6 Å². The number of benzene rings is 2. The summed E-state index contributed by atoms with van der Waals surface area (Å²) >= 11 is 0. The quantitative estimate of drug-likeness (QED) is 0.618. The summed E-state index contributed by atoms with van der Waals surface area (Å²) in [5.74, 6) is 1.90. The van der Waals surface area contributed by atoms with Crippen molar-refractivity contribution in [2.24, 2.45) is 4.99 Å². The zero-order chi connectivity index (χ0) is 19.9. The average Bonchev–Trinajstić information content (AvgIpc) is 3.15. The van der Waals surface area contributed by atoms with Crippen molar-refractivity contribution < 1.29 is 9.53 Å². The smallest absolute Gasteiger partial charge is 0.227 e. The minimum atomic E-state index is 0.214. The van der Waals surface area contributed by atoms with Crippen LogP contribution < -0.4 is 15.0 Å². The number of hydrogen-bond acceptors (Lipinski definition) is 3. The third kappa shape index (κ3) is 4.82. The molecule has 0 atom stereocenters. The number of anilines is 1. The van der Waals surface area contributed by atoms with Crippen LogP contribution in [0.25, 0.3) is 0 Å². The van der Waals surface area contributed by atoms with Gasteiger partial charge in [0.25, 0.3) is 0 Å². The van der Waals surface area contributed by atoms with E-state index >= 15 is 0 Å². The molecular weight excluding hydrogens is 352 g/mol. The highest BCUT2D eigenvalue weighted by Gasteiger charge is 2.21. The molecule has 0 radical (unpaired) electrons. The fourth-order valence-corrected chi connectivity index (χ4v) is 3.36. The number of carbonyl (C=O) groups excluding carboxylic acids is 1. The molecule has 6 heteroatoms. The number of amides is 1. The molecule has 1 aliphatic rings. The number of rotatable bonds is 6. The van der Waals surface area contributed by atoms with Gasteiger partial charge in [0.2, 0.25) is 5.91 Å². The van der Waals surface area contributed by atoms with Gasteiger partial charge in [0, 0.05) is 45.8 Å². The minimum Gasteiger partial charge on any atom is -0.497 e. The Kier molecular flexibility index (Phi) is 6.53. The maximum Gasteiger partial charge on any atom is 0.227 e. The largest absolute Gasteiger partial charge is 0.497 e. The molecule has 2 aromatic carbocycles. The Morgan fingerprint density at radius 1 is 1.14 bits per heavy atom.